The highest BCUT2D eigenvalue weighted by atomic mass is 14.4. The zero-order chi connectivity index (χ0) is 74.1. The van der Waals surface area contributed by atoms with Gasteiger partial charge in [-0.05, 0) is 255 Å². The largest absolute Gasteiger partial charge is 0.0795 e. The first-order valence-electron chi connectivity index (χ1n) is 38.8. The average molecular weight is 1370 g/mol. The van der Waals surface area contributed by atoms with E-state index in [4.69, 9.17) is 0 Å². The number of hydrogen-bond donors (Lipinski definition) is 0. The molecule has 5 aliphatic rings. The van der Waals surface area contributed by atoms with Gasteiger partial charge in [-0.2, -0.15) is 0 Å². The van der Waals surface area contributed by atoms with Gasteiger partial charge in [0.2, 0.25) is 0 Å². The number of fused-ring (bicyclic) bond motifs is 15. The maximum atomic E-state index is 2.42. The SMILES string of the molecule is CC(C)(C)C1=C2C=CC=C3c4ccc(C(C)(C)C)c5c4C(=C(C=C1)C32)CC=C5.CC(C)(C)c1ccc2c(c1)-c1ccccc1-c1ccc(C(C)(C)C)cc1-c1ccccc1-2.CC(C)(C)c1ccc2c3c(-c4ccccc4)c4c5cccc6c(C(C)(C)C)ccc(c4c(-c4ccccc4)c3c3cccc1c32)c65. The van der Waals surface area contributed by atoms with Crippen LogP contribution in [0.5, 0.6) is 0 Å². The lowest BCUT2D eigenvalue weighted by molar-refractivity contribution is 0.507. The van der Waals surface area contributed by atoms with E-state index in [0.717, 1.165) is 6.42 Å². The molecule has 0 saturated heterocycles. The number of rotatable bonds is 2. The summed E-state index contributed by atoms with van der Waals surface area (Å²) in [5.41, 5.74) is 35.2. The van der Waals surface area contributed by atoms with Crippen LogP contribution in [0, 0.1) is 11.3 Å². The van der Waals surface area contributed by atoms with Crippen LogP contribution in [0.2, 0.25) is 0 Å². The molecular weight excluding hydrogens is 1270 g/mol. The van der Waals surface area contributed by atoms with E-state index in [2.05, 4.69) is 386 Å². The first-order valence-corrected chi connectivity index (χ1v) is 38.8. The average Bonchev–Trinajstić information content (AvgIpc) is 1.50. The summed E-state index contributed by atoms with van der Waals surface area (Å²) in [6.45, 7) is 41.7. The quantitative estimate of drug-likeness (QED) is 0.162. The molecule has 0 aromatic heterocycles. The molecule has 5 aliphatic carbocycles. The highest BCUT2D eigenvalue weighted by Crippen LogP contribution is 2.59. The Morgan fingerprint density at radius 1 is 0.274 bits per heavy atom. The van der Waals surface area contributed by atoms with Crippen LogP contribution < -0.4 is 0 Å². The maximum absolute atomic E-state index is 2.42. The molecule has 0 bridgehead atoms. The minimum atomic E-state index is 0.0392. The zero-order valence-electron chi connectivity index (χ0n) is 65.6. The van der Waals surface area contributed by atoms with Crippen molar-refractivity contribution in [2.45, 2.75) is 158 Å². The number of benzene rings is 12. The normalized spacial score (nSPS) is 15.4. The van der Waals surface area contributed by atoms with Crippen molar-refractivity contribution in [1.82, 2.24) is 0 Å². The lowest BCUT2D eigenvalue weighted by Crippen LogP contribution is -2.26. The van der Waals surface area contributed by atoms with Crippen molar-refractivity contribution in [2.24, 2.45) is 11.3 Å². The number of allylic oxidation sites excluding steroid dienone is 11. The molecule has 524 valence electrons. The zero-order valence-corrected chi connectivity index (χ0v) is 65.6. The van der Waals surface area contributed by atoms with Crippen molar-refractivity contribution in [3.8, 4) is 66.8 Å². The fourth-order valence-electron chi connectivity index (χ4n) is 18.8. The standard InChI is InChI=1S/C46H38.C32H32.C28H30/c1-45(2,3)35-25-23-33-39-29(35)19-13-21-31(39)41-37(27-15-9-7-10-16-27)44-34-24-26-36(46(4,5)6)30-20-14-22-32(40(30)34)42(44)38(43(33)41)28-17-11-8-12-18-28;1-31(2,3)21-15-17-27-24-12-8-10-14-26(24)30-20-22(32(4,5)6)16-18-28(30)23-11-7-9-13-25(23)29(27)19-21;1-27(2,3)23-15-13-19-18-10-8-12-22-24(28(4,5)6)16-14-20(26(18)22)17-9-7-11-21(23)25(17)19/h7-26H,1-6H3;7-20H,1-6H3;7-9,11-16,25H,10H2,1-6H3. The van der Waals surface area contributed by atoms with E-state index < -0.39 is 0 Å². The second-order valence-electron chi connectivity index (χ2n) is 37.0. The van der Waals surface area contributed by atoms with E-state index in [-0.39, 0.29) is 32.5 Å². The first kappa shape index (κ1) is 68.7. The highest BCUT2D eigenvalue weighted by Gasteiger charge is 2.40. The molecule has 19 rings (SSSR count). The summed E-state index contributed by atoms with van der Waals surface area (Å²) in [6.07, 6.45) is 17.6. The van der Waals surface area contributed by atoms with E-state index in [0.29, 0.717) is 5.92 Å². The minimum Gasteiger partial charge on any atom is -0.0795 e. The highest BCUT2D eigenvalue weighted by molar-refractivity contribution is 6.46. The van der Waals surface area contributed by atoms with Crippen LogP contribution in [0.4, 0.5) is 0 Å². The van der Waals surface area contributed by atoms with Crippen LogP contribution in [0.15, 0.2) is 272 Å². The summed E-state index contributed by atoms with van der Waals surface area (Å²) in [4.78, 5) is 0. The van der Waals surface area contributed by atoms with Gasteiger partial charge in [0, 0.05) is 5.92 Å². The maximum Gasteiger partial charge on any atom is 0.0352 e. The summed E-state index contributed by atoms with van der Waals surface area (Å²) >= 11 is 0. The molecule has 0 N–H and O–H groups in total. The van der Waals surface area contributed by atoms with E-state index in [1.807, 2.05) is 0 Å². The summed E-state index contributed by atoms with van der Waals surface area (Å²) in [5, 5.41) is 16.4. The predicted molar refractivity (Wildman–Crippen MR) is 463 cm³/mol. The van der Waals surface area contributed by atoms with Crippen molar-refractivity contribution in [3.63, 3.8) is 0 Å². The Labute approximate surface area is 630 Å². The minimum absolute atomic E-state index is 0.0392. The van der Waals surface area contributed by atoms with Gasteiger partial charge in [-0.15, -0.1) is 0 Å². The summed E-state index contributed by atoms with van der Waals surface area (Å²) in [5.74, 6) is 0.395. The molecule has 0 nitrogen and oxygen atoms in total. The van der Waals surface area contributed by atoms with Gasteiger partial charge >= 0.3 is 0 Å². The Hall–Kier alpha value is -10.4. The molecule has 14 aromatic rings. The van der Waals surface area contributed by atoms with Gasteiger partial charge in [0.1, 0.15) is 0 Å². The third kappa shape index (κ3) is 11.0. The van der Waals surface area contributed by atoms with Gasteiger partial charge in [-0.3, -0.25) is 0 Å². The third-order valence-corrected chi connectivity index (χ3v) is 23.8. The van der Waals surface area contributed by atoms with Crippen LogP contribution in [-0.2, 0) is 27.1 Å². The van der Waals surface area contributed by atoms with Crippen molar-refractivity contribution >= 4 is 81.9 Å². The topological polar surface area (TPSA) is 0 Å². The monoisotopic (exact) mass is 1370 g/mol. The molecule has 0 radical (unpaired) electrons. The Bertz CT molecular complexity index is 5800. The van der Waals surface area contributed by atoms with Gasteiger partial charge in [0.25, 0.3) is 0 Å². The van der Waals surface area contributed by atoms with Crippen molar-refractivity contribution in [3.05, 3.63) is 316 Å². The van der Waals surface area contributed by atoms with Gasteiger partial charge in [0.05, 0.1) is 0 Å². The smallest absolute Gasteiger partial charge is 0.0352 e. The second-order valence-corrected chi connectivity index (χ2v) is 37.0. The van der Waals surface area contributed by atoms with E-state index >= 15 is 0 Å². The number of hydrogen-bond acceptors (Lipinski definition) is 0. The van der Waals surface area contributed by atoms with Crippen molar-refractivity contribution < 1.29 is 0 Å². The summed E-state index contributed by atoms with van der Waals surface area (Å²) < 4.78 is 0. The lowest BCUT2D eigenvalue weighted by Gasteiger charge is -2.41. The van der Waals surface area contributed by atoms with E-state index in [9.17, 15) is 0 Å². The predicted octanol–water partition coefficient (Wildman–Crippen LogP) is 30.3. The molecule has 0 heterocycles. The fraction of sp³-hybridized carbons (Fsp3) is 0.245. The van der Waals surface area contributed by atoms with Crippen molar-refractivity contribution in [1.29, 1.82) is 0 Å². The molecule has 106 heavy (non-hydrogen) atoms. The Kier molecular flexibility index (Phi) is 15.9. The molecule has 0 saturated carbocycles. The Morgan fingerprint density at radius 3 is 1.10 bits per heavy atom. The summed E-state index contributed by atoms with van der Waals surface area (Å²) in [7, 11) is 0. The van der Waals surface area contributed by atoms with Gasteiger partial charge in [-0.25, -0.2) is 0 Å². The van der Waals surface area contributed by atoms with Crippen LogP contribution in [0.1, 0.15) is 176 Å². The first-order chi connectivity index (χ1) is 50.5. The molecule has 0 amide bonds. The second kappa shape index (κ2) is 24.6. The van der Waals surface area contributed by atoms with Gasteiger partial charge in [-0.1, -0.05) is 373 Å². The van der Waals surface area contributed by atoms with Gasteiger partial charge in [0.15, 0.2) is 0 Å². The van der Waals surface area contributed by atoms with Crippen LogP contribution in [-0.4, -0.2) is 0 Å². The fourth-order valence-corrected chi connectivity index (χ4v) is 18.8. The van der Waals surface area contributed by atoms with E-state index in [1.54, 1.807) is 0 Å². The lowest BCUT2D eigenvalue weighted by atomic mass is 9.62. The third-order valence-electron chi connectivity index (χ3n) is 23.8. The van der Waals surface area contributed by atoms with E-state index in [1.165, 1.54) is 204 Å². The van der Waals surface area contributed by atoms with Gasteiger partial charge < -0.3 is 0 Å². The molecule has 0 aliphatic heterocycles. The Morgan fingerprint density at radius 2 is 0.670 bits per heavy atom. The molecule has 1 unspecified atom stereocenters. The summed E-state index contributed by atoms with van der Waals surface area (Å²) in [6, 6.07) is 82.6. The molecule has 1 atom stereocenters. The molecule has 0 spiro atoms. The molecular formula is C106H100. The molecule has 14 aromatic carbocycles. The molecule has 0 fully saturated rings. The molecule has 0 heteroatoms. The van der Waals surface area contributed by atoms with Crippen molar-refractivity contribution in [2.75, 3.05) is 0 Å². The van der Waals surface area contributed by atoms with Crippen LogP contribution >= 0.6 is 0 Å². The van der Waals surface area contributed by atoms with Crippen LogP contribution in [0.3, 0.4) is 0 Å². The van der Waals surface area contributed by atoms with Crippen LogP contribution in [0.25, 0.3) is 149 Å². The Balaban J connectivity index is 0.000000122.